The van der Waals surface area contributed by atoms with E-state index < -0.39 is 8.32 Å². The lowest BCUT2D eigenvalue weighted by atomic mass is 9.97. The van der Waals surface area contributed by atoms with Crippen LogP contribution in [0.2, 0.25) is 19.6 Å². The van der Waals surface area contributed by atoms with Gasteiger partial charge in [-0.05, 0) is 50.2 Å². The molecule has 4 heteroatoms. The van der Waals surface area contributed by atoms with Gasteiger partial charge in [-0.1, -0.05) is 56.7 Å². The quantitative estimate of drug-likeness (QED) is 0.144. The van der Waals surface area contributed by atoms with Crippen molar-refractivity contribution < 1.29 is 9.22 Å². The van der Waals surface area contributed by atoms with E-state index in [2.05, 4.69) is 69.6 Å². The van der Waals surface area contributed by atoms with Crippen LogP contribution in [0.15, 0.2) is 59.5 Å². The maximum Gasteiger partial charge on any atom is 0.184 e. The highest BCUT2D eigenvalue weighted by molar-refractivity contribution is 8.00. The first-order valence-electron chi connectivity index (χ1n) is 10.1. The summed E-state index contributed by atoms with van der Waals surface area (Å²) in [5.74, 6) is 0.221. The van der Waals surface area contributed by atoms with Gasteiger partial charge in [0.15, 0.2) is 14.1 Å². The Hall–Kier alpha value is -1.10. The molecular weight excluding hydrogens is 368 g/mol. The van der Waals surface area contributed by atoms with E-state index in [1.54, 1.807) is 0 Å². The van der Waals surface area contributed by atoms with Gasteiger partial charge in [0.05, 0.1) is 6.10 Å². The molecule has 0 spiro atoms. The van der Waals surface area contributed by atoms with Gasteiger partial charge in [0.25, 0.3) is 0 Å². The van der Waals surface area contributed by atoms with E-state index in [0.717, 1.165) is 12.0 Å². The molecular formula is C23H34O2SSi. The Morgan fingerprint density at radius 1 is 1.26 bits per heavy atom. The summed E-state index contributed by atoms with van der Waals surface area (Å²) in [6.07, 6.45) is 9.82. The van der Waals surface area contributed by atoms with Crippen molar-refractivity contribution in [2.45, 2.75) is 74.9 Å². The molecule has 0 N–H and O–H groups in total. The van der Waals surface area contributed by atoms with Crippen LogP contribution in [0.4, 0.5) is 0 Å². The first kappa shape index (κ1) is 22.2. The number of thioether (sulfide) groups is 1. The molecule has 1 aromatic rings. The summed E-state index contributed by atoms with van der Waals surface area (Å²) in [5, 5.41) is 0.175. The molecule has 0 amide bonds. The maximum atomic E-state index is 12.5. The summed E-state index contributed by atoms with van der Waals surface area (Å²) in [6, 6.07) is 10.4. The normalized spacial score (nSPS) is 21.9. The number of ketones is 1. The van der Waals surface area contributed by atoms with Gasteiger partial charge in [0.2, 0.25) is 0 Å². The van der Waals surface area contributed by atoms with E-state index in [1.165, 1.54) is 24.2 Å². The highest BCUT2D eigenvalue weighted by atomic mass is 32.2. The Bertz CT molecular complexity index is 648. The van der Waals surface area contributed by atoms with Crippen molar-refractivity contribution in [2.24, 2.45) is 5.92 Å². The van der Waals surface area contributed by atoms with Gasteiger partial charge in [-0.25, -0.2) is 0 Å². The van der Waals surface area contributed by atoms with Crippen LogP contribution in [0.5, 0.6) is 0 Å². The molecule has 0 radical (unpaired) electrons. The molecule has 2 rings (SSSR count). The standard InChI is InChI=1S/C23H34O2SSi/c1-6-7-8-9-13-16-22(26-19-14-11-10-12-15-19)23-18(2)20(24)17-21(23)25-27(3,4)5/h10-16,21-23H,2,6-9,17H2,1,3-5H3/b16-13+. The summed E-state index contributed by atoms with van der Waals surface area (Å²) in [7, 11) is -1.74. The molecule has 0 aromatic heterocycles. The van der Waals surface area contributed by atoms with Crippen molar-refractivity contribution in [3.8, 4) is 0 Å². The van der Waals surface area contributed by atoms with Crippen molar-refractivity contribution >= 4 is 25.9 Å². The molecule has 2 nitrogen and oxygen atoms in total. The third-order valence-electron chi connectivity index (χ3n) is 4.72. The van der Waals surface area contributed by atoms with Crippen molar-refractivity contribution in [1.29, 1.82) is 0 Å². The highest BCUT2D eigenvalue weighted by Gasteiger charge is 2.43. The van der Waals surface area contributed by atoms with E-state index in [1.807, 2.05) is 17.8 Å². The Balaban J connectivity index is 2.22. The fraction of sp³-hybridized carbons (Fsp3) is 0.522. The predicted molar refractivity (Wildman–Crippen MR) is 120 cm³/mol. The molecule has 1 aromatic carbocycles. The van der Waals surface area contributed by atoms with Crippen molar-refractivity contribution in [3.63, 3.8) is 0 Å². The predicted octanol–water partition coefficient (Wildman–Crippen LogP) is 6.65. The lowest BCUT2D eigenvalue weighted by Crippen LogP contribution is -2.37. The highest BCUT2D eigenvalue weighted by Crippen LogP contribution is 2.41. The van der Waals surface area contributed by atoms with E-state index in [4.69, 9.17) is 4.43 Å². The van der Waals surface area contributed by atoms with Crippen LogP contribution in [-0.4, -0.2) is 25.5 Å². The zero-order valence-corrected chi connectivity index (χ0v) is 19.1. The van der Waals surface area contributed by atoms with Crippen molar-refractivity contribution in [1.82, 2.24) is 0 Å². The second kappa shape index (κ2) is 10.4. The second-order valence-electron chi connectivity index (χ2n) is 8.27. The first-order valence-corrected chi connectivity index (χ1v) is 14.4. The number of Topliss-reactive ketones (excluding diaryl/α,β-unsaturated/α-hetero) is 1. The van der Waals surface area contributed by atoms with Gasteiger partial charge in [0, 0.05) is 22.5 Å². The van der Waals surface area contributed by atoms with E-state index in [0.29, 0.717) is 6.42 Å². The topological polar surface area (TPSA) is 26.3 Å². The first-order chi connectivity index (χ1) is 12.8. The Morgan fingerprint density at radius 2 is 1.96 bits per heavy atom. The number of unbranched alkanes of at least 4 members (excludes halogenated alkanes) is 3. The van der Waals surface area contributed by atoms with E-state index in [9.17, 15) is 4.79 Å². The molecule has 0 heterocycles. The second-order valence-corrected chi connectivity index (χ2v) is 14.0. The Morgan fingerprint density at radius 3 is 2.59 bits per heavy atom. The van der Waals surface area contributed by atoms with Crippen molar-refractivity contribution in [2.75, 3.05) is 0 Å². The van der Waals surface area contributed by atoms with E-state index in [-0.39, 0.29) is 23.1 Å². The summed E-state index contributed by atoms with van der Waals surface area (Å²) in [5.41, 5.74) is 0.741. The summed E-state index contributed by atoms with van der Waals surface area (Å²) >= 11 is 1.82. The monoisotopic (exact) mass is 402 g/mol. The molecule has 148 valence electrons. The molecule has 1 saturated carbocycles. The van der Waals surface area contributed by atoms with Crippen LogP contribution in [0.25, 0.3) is 0 Å². The van der Waals surface area contributed by atoms with Gasteiger partial charge in [-0.15, -0.1) is 11.8 Å². The Kier molecular flexibility index (Phi) is 8.58. The number of hydrogen-bond donors (Lipinski definition) is 0. The average molecular weight is 403 g/mol. The minimum atomic E-state index is -1.74. The van der Waals surface area contributed by atoms with Gasteiger partial charge in [-0.3, -0.25) is 4.79 Å². The number of benzene rings is 1. The van der Waals surface area contributed by atoms with Crippen molar-refractivity contribution in [3.05, 3.63) is 54.6 Å². The SMILES string of the molecule is C=C1C(=O)CC(O[Si](C)(C)C)C1C(/C=C/CCCCC)Sc1ccccc1. The van der Waals surface area contributed by atoms with Crippen LogP contribution in [-0.2, 0) is 9.22 Å². The molecule has 0 aliphatic heterocycles. The molecule has 1 aliphatic carbocycles. The number of hydrogen-bond acceptors (Lipinski definition) is 3. The largest absolute Gasteiger partial charge is 0.414 e. The molecule has 1 fully saturated rings. The number of allylic oxidation sites excluding steroid dienone is 1. The van der Waals surface area contributed by atoms with E-state index >= 15 is 0 Å². The zero-order chi connectivity index (χ0) is 19.9. The molecule has 0 saturated heterocycles. The zero-order valence-electron chi connectivity index (χ0n) is 17.2. The lowest BCUT2D eigenvalue weighted by Gasteiger charge is -2.31. The van der Waals surface area contributed by atoms with Gasteiger partial charge in [0.1, 0.15) is 0 Å². The molecule has 27 heavy (non-hydrogen) atoms. The van der Waals surface area contributed by atoms with Gasteiger partial charge >= 0.3 is 0 Å². The molecule has 0 bridgehead atoms. The van der Waals surface area contributed by atoms with Crippen LogP contribution in [0, 0.1) is 5.92 Å². The minimum Gasteiger partial charge on any atom is -0.414 e. The van der Waals surface area contributed by atoms with Crippen LogP contribution >= 0.6 is 11.8 Å². The van der Waals surface area contributed by atoms with Crippen LogP contribution in [0.1, 0.15) is 39.0 Å². The summed E-state index contributed by atoms with van der Waals surface area (Å²) in [4.78, 5) is 13.7. The van der Waals surface area contributed by atoms with Crippen LogP contribution in [0.3, 0.4) is 0 Å². The summed E-state index contributed by atoms with van der Waals surface area (Å²) < 4.78 is 6.43. The molecule has 3 atom stereocenters. The third-order valence-corrected chi connectivity index (χ3v) is 7.00. The fourth-order valence-electron chi connectivity index (χ4n) is 3.46. The minimum absolute atomic E-state index is 0.0434. The van der Waals surface area contributed by atoms with Gasteiger partial charge < -0.3 is 4.43 Å². The fourth-order valence-corrected chi connectivity index (χ4v) is 5.90. The Labute approximate surface area is 170 Å². The number of carbonyl (C=O) groups excluding carboxylic acids is 1. The smallest absolute Gasteiger partial charge is 0.184 e. The van der Waals surface area contributed by atoms with Gasteiger partial charge in [-0.2, -0.15) is 0 Å². The molecule has 1 aliphatic rings. The third kappa shape index (κ3) is 7.09. The van der Waals surface area contributed by atoms with Crippen LogP contribution < -0.4 is 0 Å². The number of rotatable bonds is 10. The maximum absolute atomic E-state index is 12.5. The lowest BCUT2D eigenvalue weighted by molar-refractivity contribution is -0.115. The average Bonchev–Trinajstić information content (AvgIpc) is 2.86. The number of carbonyl (C=O) groups is 1. The summed E-state index contributed by atoms with van der Waals surface area (Å²) in [6.45, 7) is 13.0. The molecule has 3 unspecified atom stereocenters.